The molecule has 1 aromatic carbocycles. The fraction of sp³-hybridized carbons (Fsp3) is 0.250. The third-order valence-corrected chi connectivity index (χ3v) is 4.62. The second kappa shape index (κ2) is 6.18. The minimum Gasteiger partial charge on any atom is -0.409 e. The Morgan fingerprint density at radius 2 is 1.95 bits per heavy atom. The average molecular weight is 299 g/mol. The molecule has 0 saturated heterocycles. The number of nitrogens with zero attached hydrogens (tertiary/aromatic N) is 2. The Kier molecular flexibility index (Phi) is 4.10. The van der Waals surface area contributed by atoms with Crippen molar-refractivity contribution in [1.82, 2.24) is 4.98 Å². The summed E-state index contributed by atoms with van der Waals surface area (Å²) in [6, 6.07) is 12.0. The summed E-state index contributed by atoms with van der Waals surface area (Å²) in [5.74, 6) is 0.120. The maximum absolute atomic E-state index is 9.01. The van der Waals surface area contributed by atoms with Gasteiger partial charge in [-0.15, -0.1) is 0 Å². The highest BCUT2D eigenvalue weighted by Gasteiger charge is 2.18. The number of benzene rings is 1. The monoisotopic (exact) mass is 299 g/mol. The van der Waals surface area contributed by atoms with Crippen LogP contribution in [0.2, 0.25) is 0 Å². The molecule has 5 heteroatoms. The van der Waals surface area contributed by atoms with Crippen molar-refractivity contribution < 1.29 is 5.21 Å². The lowest BCUT2D eigenvalue weighted by Gasteiger charge is -2.18. The van der Waals surface area contributed by atoms with Crippen molar-refractivity contribution in [2.24, 2.45) is 10.9 Å². The van der Waals surface area contributed by atoms with Crippen LogP contribution < -0.4 is 5.73 Å². The van der Waals surface area contributed by atoms with E-state index in [1.807, 2.05) is 36.4 Å². The predicted octanol–water partition coefficient (Wildman–Crippen LogP) is 3.21. The second-order valence-corrected chi connectivity index (χ2v) is 6.12. The van der Waals surface area contributed by atoms with Crippen LogP contribution in [-0.4, -0.2) is 16.0 Å². The number of amidine groups is 1. The van der Waals surface area contributed by atoms with Crippen LogP contribution in [0.4, 0.5) is 0 Å². The summed E-state index contributed by atoms with van der Waals surface area (Å²) in [7, 11) is 0. The molecule has 1 heterocycles. The molecule has 0 radical (unpaired) electrons. The van der Waals surface area contributed by atoms with Crippen LogP contribution in [0.5, 0.6) is 0 Å². The molecular weight excluding hydrogens is 282 g/mol. The first-order chi connectivity index (χ1) is 10.3. The van der Waals surface area contributed by atoms with Gasteiger partial charge >= 0.3 is 0 Å². The van der Waals surface area contributed by atoms with Crippen LogP contribution in [0.1, 0.15) is 29.7 Å². The van der Waals surface area contributed by atoms with E-state index in [2.05, 4.69) is 5.16 Å². The van der Waals surface area contributed by atoms with Crippen molar-refractivity contribution in [3.63, 3.8) is 0 Å². The van der Waals surface area contributed by atoms with Crippen LogP contribution >= 0.6 is 11.8 Å². The highest BCUT2D eigenvalue weighted by molar-refractivity contribution is 7.99. The molecule has 1 aromatic heterocycles. The van der Waals surface area contributed by atoms with E-state index in [0.717, 1.165) is 28.5 Å². The Morgan fingerprint density at radius 3 is 2.71 bits per heavy atom. The van der Waals surface area contributed by atoms with E-state index in [0.29, 0.717) is 5.56 Å². The van der Waals surface area contributed by atoms with Crippen LogP contribution in [0, 0.1) is 0 Å². The summed E-state index contributed by atoms with van der Waals surface area (Å²) < 4.78 is 0. The molecule has 3 rings (SSSR count). The summed E-state index contributed by atoms with van der Waals surface area (Å²) in [5.41, 5.74) is 8.91. The van der Waals surface area contributed by atoms with Gasteiger partial charge in [-0.05, 0) is 49.4 Å². The third-order valence-electron chi connectivity index (χ3n) is 3.61. The molecular formula is C16H17N3OS. The van der Waals surface area contributed by atoms with Gasteiger partial charge in [0.2, 0.25) is 0 Å². The highest BCUT2D eigenvalue weighted by atomic mass is 32.2. The van der Waals surface area contributed by atoms with Gasteiger partial charge in [0.25, 0.3) is 0 Å². The Balaban J connectivity index is 2.04. The summed E-state index contributed by atoms with van der Waals surface area (Å²) in [4.78, 5) is 5.86. The van der Waals surface area contributed by atoms with Gasteiger partial charge in [0.05, 0.1) is 5.56 Å². The van der Waals surface area contributed by atoms with Crippen LogP contribution in [0.15, 0.2) is 51.5 Å². The van der Waals surface area contributed by atoms with Crippen LogP contribution in [0.25, 0.3) is 0 Å². The van der Waals surface area contributed by atoms with Gasteiger partial charge in [0, 0.05) is 10.6 Å². The molecule has 0 unspecified atom stereocenters. The molecule has 0 saturated carbocycles. The average Bonchev–Trinajstić information content (AvgIpc) is 2.54. The lowest BCUT2D eigenvalue weighted by atomic mass is 9.95. The molecule has 0 spiro atoms. The number of rotatable bonds is 3. The fourth-order valence-corrected chi connectivity index (χ4v) is 3.48. The van der Waals surface area contributed by atoms with Crippen molar-refractivity contribution >= 4 is 17.6 Å². The molecule has 0 amide bonds. The second-order valence-electron chi connectivity index (χ2n) is 5.05. The van der Waals surface area contributed by atoms with E-state index in [-0.39, 0.29) is 5.84 Å². The van der Waals surface area contributed by atoms with E-state index in [9.17, 15) is 0 Å². The minimum absolute atomic E-state index is 0.120. The first-order valence-electron chi connectivity index (χ1n) is 7.01. The molecule has 0 bridgehead atoms. The third kappa shape index (κ3) is 3.03. The molecule has 0 atom stereocenters. The van der Waals surface area contributed by atoms with E-state index in [1.54, 1.807) is 11.8 Å². The van der Waals surface area contributed by atoms with Crippen molar-refractivity contribution in [2.45, 2.75) is 35.6 Å². The van der Waals surface area contributed by atoms with Crippen molar-refractivity contribution in [3.05, 3.63) is 53.2 Å². The first kappa shape index (κ1) is 13.9. The smallest absolute Gasteiger partial charge is 0.172 e. The zero-order chi connectivity index (χ0) is 14.7. The number of hydrogen-bond acceptors (Lipinski definition) is 4. The molecule has 0 aliphatic heterocycles. The van der Waals surface area contributed by atoms with Crippen molar-refractivity contribution in [1.29, 1.82) is 0 Å². The van der Waals surface area contributed by atoms with Crippen LogP contribution in [-0.2, 0) is 12.8 Å². The SMILES string of the molecule is NC(=NO)c1cc2c(nc1Sc1ccccc1)CCCC2. The summed E-state index contributed by atoms with van der Waals surface area (Å²) in [6.45, 7) is 0. The van der Waals surface area contributed by atoms with E-state index < -0.39 is 0 Å². The highest BCUT2D eigenvalue weighted by Crippen LogP contribution is 2.32. The molecule has 4 nitrogen and oxygen atoms in total. The van der Waals surface area contributed by atoms with Gasteiger partial charge < -0.3 is 10.9 Å². The number of aryl methyl sites for hydroxylation is 2. The molecule has 108 valence electrons. The molecule has 3 N–H and O–H groups in total. The predicted molar refractivity (Wildman–Crippen MR) is 84.0 cm³/mol. The fourth-order valence-electron chi connectivity index (χ4n) is 2.53. The number of oxime groups is 1. The Bertz CT molecular complexity index is 671. The number of aromatic nitrogens is 1. The molecule has 21 heavy (non-hydrogen) atoms. The van der Waals surface area contributed by atoms with Gasteiger partial charge in [0.1, 0.15) is 5.03 Å². The Labute approximate surface area is 128 Å². The number of hydrogen-bond donors (Lipinski definition) is 2. The van der Waals surface area contributed by atoms with Crippen molar-refractivity contribution in [3.8, 4) is 0 Å². The topological polar surface area (TPSA) is 71.5 Å². The zero-order valence-electron chi connectivity index (χ0n) is 11.6. The van der Waals surface area contributed by atoms with E-state index in [1.165, 1.54) is 18.4 Å². The van der Waals surface area contributed by atoms with Gasteiger partial charge in [-0.2, -0.15) is 0 Å². The normalized spacial score (nSPS) is 14.8. The molecule has 0 fully saturated rings. The molecule has 1 aliphatic rings. The van der Waals surface area contributed by atoms with Gasteiger partial charge in [-0.1, -0.05) is 35.1 Å². The zero-order valence-corrected chi connectivity index (χ0v) is 12.4. The standard InChI is InChI=1S/C16H17N3OS/c17-15(19-20)13-10-11-6-4-5-9-14(11)18-16(13)21-12-7-2-1-3-8-12/h1-3,7-8,10,20H,4-6,9H2,(H2,17,19). The Hall–Kier alpha value is -2.01. The van der Waals surface area contributed by atoms with Gasteiger partial charge in [0.15, 0.2) is 5.84 Å². The summed E-state index contributed by atoms with van der Waals surface area (Å²) >= 11 is 1.55. The van der Waals surface area contributed by atoms with Gasteiger partial charge in [-0.3, -0.25) is 0 Å². The van der Waals surface area contributed by atoms with Crippen molar-refractivity contribution in [2.75, 3.05) is 0 Å². The maximum Gasteiger partial charge on any atom is 0.172 e. The van der Waals surface area contributed by atoms with E-state index in [4.69, 9.17) is 15.9 Å². The Morgan fingerprint density at radius 1 is 1.19 bits per heavy atom. The van der Waals surface area contributed by atoms with E-state index >= 15 is 0 Å². The maximum atomic E-state index is 9.01. The number of nitrogens with two attached hydrogens (primary N) is 1. The first-order valence-corrected chi connectivity index (χ1v) is 7.83. The lowest BCUT2D eigenvalue weighted by molar-refractivity contribution is 0.318. The largest absolute Gasteiger partial charge is 0.409 e. The molecule has 1 aliphatic carbocycles. The molecule has 2 aromatic rings. The van der Waals surface area contributed by atoms with Crippen LogP contribution in [0.3, 0.4) is 0 Å². The number of fused-ring (bicyclic) bond motifs is 1. The number of pyridine rings is 1. The summed E-state index contributed by atoms with van der Waals surface area (Å²) in [5, 5.41) is 13.0. The minimum atomic E-state index is 0.120. The lowest BCUT2D eigenvalue weighted by Crippen LogP contribution is -2.17. The quantitative estimate of drug-likeness (QED) is 0.395. The summed E-state index contributed by atoms with van der Waals surface area (Å²) in [6.07, 6.45) is 4.38. The van der Waals surface area contributed by atoms with Gasteiger partial charge in [-0.25, -0.2) is 4.98 Å².